The second-order valence-corrected chi connectivity index (χ2v) is 7.82. The Bertz CT molecular complexity index is 602. The van der Waals surface area contributed by atoms with E-state index in [4.69, 9.17) is 13.6 Å². The summed E-state index contributed by atoms with van der Waals surface area (Å²) in [6.07, 6.45) is 2.53. The number of hydrogen-bond acceptors (Lipinski definition) is 7. The molecule has 0 aliphatic heterocycles. The zero-order valence-electron chi connectivity index (χ0n) is 11.7. The predicted octanol–water partition coefficient (Wildman–Crippen LogP) is 0.732. The van der Waals surface area contributed by atoms with E-state index in [2.05, 4.69) is 4.98 Å². The van der Waals surface area contributed by atoms with Gasteiger partial charge in [0.15, 0.2) is 0 Å². The minimum atomic E-state index is -4.66. The van der Waals surface area contributed by atoms with Crippen LogP contribution in [0, 0.1) is 0 Å². The minimum absolute atomic E-state index is 0. The van der Waals surface area contributed by atoms with E-state index in [0.717, 1.165) is 6.20 Å². The second-order valence-electron chi connectivity index (χ2n) is 4.12. The van der Waals surface area contributed by atoms with E-state index in [9.17, 15) is 18.1 Å². The van der Waals surface area contributed by atoms with Gasteiger partial charge in [-0.15, -0.1) is 0 Å². The molecule has 0 aromatic carbocycles. The first-order chi connectivity index (χ1) is 9.68. The fraction of sp³-hybridized carbons (Fsp3) is 0.545. The number of nitrogens with zero attached hydrogens (tertiary/aromatic N) is 1. The molecule has 0 amide bonds. The molecular weight excluding hydrogens is 328 g/mol. The fourth-order valence-electron chi connectivity index (χ4n) is 1.77. The van der Waals surface area contributed by atoms with E-state index in [-0.39, 0.29) is 37.6 Å². The normalized spacial score (nSPS) is 14.9. The third kappa shape index (κ3) is 5.15. The van der Waals surface area contributed by atoms with Crippen molar-refractivity contribution in [3.05, 3.63) is 30.1 Å². The van der Waals surface area contributed by atoms with Crippen LogP contribution in [0.3, 0.4) is 0 Å². The van der Waals surface area contributed by atoms with Crippen molar-refractivity contribution >= 4 is 36.6 Å². The molecule has 122 valence electrons. The molecule has 1 rings (SSSR count). The Hall–Kier alpha value is -0.233. The Labute approximate surface area is 141 Å². The summed E-state index contributed by atoms with van der Waals surface area (Å²) in [5.41, 5.74) is -0.0899. The van der Waals surface area contributed by atoms with Gasteiger partial charge in [0.25, 0.3) is 10.1 Å². The van der Waals surface area contributed by atoms with Gasteiger partial charge in [-0.25, -0.2) is 0 Å². The van der Waals surface area contributed by atoms with Crippen molar-refractivity contribution in [3.63, 3.8) is 0 Å². The van der Waals surface area contributed by atoms with Crippen LogP contribution in [0.1, 0.15) is 19.4 Å². The van der Waals surface area contributed by atoms with Crippen molar-refractivity contribution in [2.45, 2.75) is 19.2 Å². The van der Waals surface area contributed by atoms with Gasteiger partial charge in [-0.2, -0.15) is 8.42 Å². The summed E-state index contributed by atoms with van der Waals surface area (Å²) >= 11 is 0. The van der Waals surface area contributed by atoms with E-state index in [1.807, 2.05) is 0 Å². The van der Waals surface area contributed by atoms with Gasteiger partial charge in [0, 0.05) is 18.0 Å². The summed E-state index contributed by atoms with van der Waals surface area (Å²) in [7, 11) is -8.94. The molecule has 0 saturated heterocycles. The van der Waals surface area contributed by atoms with Crippen LogP contribution in [0.15, 0.2) is 24.5 Å². The Morgan fingerprint density at radius 2 is 1.86 bits per heavy atom. The molecule has 22 heavy (non-hydrogen) atoms. The molecular formula is C11H19LiNO7PS. The number of aliphatic hydroxyl groups is 1. The van der Waals surface area contributed by atoms with E-state index in [1.54, 1.807) is 0 Å². The average Bonchev–Trinajstić information content (AvgIpc) is 2.38. The summed E-state index contributed by atoms with van der Waals surface area (Å²) in [6, 6.07) is 2.75. The average molecular weight is 347 g/mol. The molecule has 8 nitrogen and oxygen atoms in total. The van der Waals surface area contributed by atoms with Gasteiger partial charge in [0.05, 0.1) is 13.2 Å². The number of pyridine rings is 1. The molecule has 0 aliphatic carbocycles. The summed E-state index contributed by atoms with van der Waals surface area (Å²) < 4.78 is 54.4. The van der Waals surface area contributed by atoms with Crippen LogP contribution in [0.4, 0.5) is 0 Å². The van der Waals surface area contributed by atoms with E-state index in [0.29, 0.717) is 0 Å². The monoisotopic (exact) mass is 347 g/mol. The van der Waals surface area contributed by atoms with Crippen molar-refractivity contribution in [2.75, 3.05) is 19.0 Å². The fourth-order valence-corrected chi connectivity index (χ4v) is 5.19. The van der Waals surface area contributed by atoms with Crippen molar-refractivity contribution in [2.24, 2.45) is 0 Å². The van der Waals surface area contributed by atoms with Crippen molar-refractivity contribution in [1.29, 1.82) is 0 Å². The maximum atomic E-state index is 12.8. The standard InChI is InChI=1S/C11H18NO7PS.Li.H/c1-3-18-20(14,19-4-2)11(13,9-21(15,16)17)10-6-5-7-12-8-10;;/h5-8,13H,3-4,9H2,1-2H3,(H,15,16,17);;. The SMILES string of the molecule is CCOP(=O)(OCC)C(O)(CS(=O)(=O)O)c1cccnc1.[LiH]. The molecule has 1 aromatic rings. The summed E-state index contributed by atoms with van der Waals surface area (Å²) in [5, 5.41) is 8.15. The van der Waals surface area contributed by atoms with Crippen LogP contribution < -0.4 is 0 Å². The maximum absolute atomic E-state index is 12.8. The Kier molecular flexibility index (Phi) is 8.48. The zero-order chi connectivity index (χ0) is 16.1. The molecule has 1 atom stereocenters. The van der Waals surface area contributed by atoms with Crippen molar-refractivity contribution < 1.29 is 31.7 Å². The molecule has 1 heterocycles. The summed E-state index contributed by atoms with van der Waals surface area (Å²) in [5.74, 6) is -1.23. The second kappa shape index (κ2) is 8.57. The third-order valence-corrected chi connectivity index (χ3v) is 6.07. The quantitative estimate of drug-likeness (QED) is 0.401. The Balaban J connectivity index is 0.00000441. The van der Waals surface area contributed by atoms with Crippen LogP contribution >= 0.6 is 7.60 Å². The van der Waals surface area contributed by atoms with Crippen molar-refractivity contribution in [1.82, 2.24) is 4.98 Å². The van der Waals surface area contributed by atoms with Crippen LogP contribution in [0.2, 0.25) is 0 Å². The van der Waals surface area contributed by atoms with E-state index >= 15 is 0 Å². The van der Waals surface area contributed by atoms with Crippen LogP contribution in [-0.2, 0) is 29.1 Å². The van der Waals surface area contributed by atoms with Gasteiger partial charge < -0.3 is 14.2 Å². The first kappa shape index (κ1) is 21.8. The molecule has 0 bridgehead atoms. The molecule has 1 aromatic heterocycles. The Morgan fingerprint density at radius 3 is 2.23 bits per heavy atom. The van der Waals surface area contributed by atoms with Crippen LogP contribution in [0.5, 0.6) is 0 Å². The number of aromatic nitrogens is 1. The van der Waals surface area contributed by atoms with Gasteiger partial charge >= 0.3 is 26.5 Å². The molecule has 2 N–H and O–H groups in total. The molecule has 0 spiro atoms. The Morgan fingerprint density at radius 1 is 1.32 bits per heavy atom. The number of rotatable bonds is 8. The zero-order valence-corrected chi connectivity index (χ0v) is 13.4. The summed E-state index contributed by atoms with van der Waals surface area (Å²) in [6.45, 7) is 2.88. The molecule has 0 fully saturated rings. The van der Waals surface area contributed by atoms with E-state index in [1.165, 1.54) is 32.2 Å². The van der Waals surface area contributed by atoms with Crippen LogP contribution in [0.25, 0.3) is 0 Å². The first-order valence-corrected chi connectivity index (χ1v) is 9.31. The third-order valence-electron chi connectivity index (χ3n) is 2.56. The van der Waals surface area contributed by atoms with Gasteiger partial charge in [-0.05, 0) is 19.9 Å². The first-order valence-electron chi connectivity index (χ1n) is 6.16. The van der Waals surface area contributed by atoms with Crippen molar-refractivity contribution in [3.8, 4) is 0 Å². The molecule has 0 radical (unpaired) electrons. The van der Waals surface area contributed by atoms with Crippen LogP contribution in [-0.4, -0.2) is 60.9 Å². The molecule has 0 aliphatic rings. The van der Waals surface area contributed by atoms with E-state index < -0.39 is 28.8 Å². The van der Waals surface area contributed by atoms with Gasteiger partial charge in [0.2, 0.25) is 5.34 Å². The molecule has 1 unspecified atom stereocenters. The topological polar surface area (TPSA) is 123 Å². The molecule has 11 heteroatoms. The number of hydrogen-bond donors (Lipinski definition) is 2. The predicted molar refractivity (Wildman–Crippen MR) is 82.6 cm³/mol. The van der Waals surface area contributed by atoms with Gasteiger partial charge in [-0.1, -0.05) is 6.07 Å². The molecule has 0 saturated carbocycles. The van der Waals surface area contributed by atoms with Gasteiger partial charge in [0.1, 0.15) is 5.75 Å². The summed E-state index contributed by atoms with van der Waals surface area (Å²) in [4.78, 5) is 3.75. The van der Waals surface area contributed by atoms with Gasteiger partial charge in [-0.3, -0.25) is 14.1 Å².